The van der Waals surface area contributed by atoms with E-state index in [1.54, 1.807) is 0 Å². The molecule has 110 valence electrons. The van der Waals surface area contributed by atoms with E-state index in [2.05, 4.69) is 6.58 Å². The van der Waals surface area contributed by atoms with Crippen molar-refractivity contribution in [1.82, 2.24) is 0 Å². The van der Waals surface area contributed by atoms with Gasteiger partial charge in [-0.25, -0.2) is 4.79 Å². The molecule has 6 atom stereocenters. The lowest BCUT2D eigenvalue weighted by Crippen LogP contribution is -2.49. The highest BCUT2D eigenvalue weighted by Crippen LogP contribution is 2.54. The fourth-order valence-corrected chi connectivity index (χ4v) is 4.15. The molecule has 1 aliphatic carbocycles. The van der Waals surface area contributed by atoms with Crippen LogP contribution in [0.1, 0.15) is 33.1 Å². The lowest BCUT2D eigenvalue weighted by atomic mass is 9.65. The molecule has 1 saturated carbocycles. The van der Waals surface area contributed by atoms with E-state index in [9.17, 15) is 14.7 Å². The number of rotatable bonds is 0. The number of aliphatic hydroxyl groups excluding tert-OH is 1. The van der Waals surface area contributed by atoms with Gasteiger partial charge in [0.15, 0.2) is 0 Å². The van der Waals surface area contributed by atoms with Crippen molar-refractivity contribution in [3.63, 3.8) is 0 Å². The van der Waals surface area contributed by atoms with Gasteiger partial charge >= 0.3 is 11.9 Å². The Bertz CT molecular complexity index is 485. The summed E-state index contributed by atoms with van der Waals surface area (Å²) in [4.78, 5) is 23.3. The van der Waals surface area contributed by atoms with Gasteiger partial charge in [-0.1, -0.05) is 20.4 Å². The Kier molecular flexibility index (Phi) is 2.94. The Hall–Kier alpha value is -1.36. The zero-order valence-corrected chi connectivity index (χ0v) is 11.8. The maximum atomic E-state index is 11.7. The third-order valence-corrected chi connectivity index (χ3v) is 5.41. The predicted molar refractivity (Wildman–Crippen MR) is 69.2 cm³/mol. The van der Waals surface area contributed by atoms with Crippen molar-refractivity contribution < 1.29 is 24.2 Å². The summed E-state index contributed by atoms with van der Waals surface area (Å²) in [6, 6.07) is 0. The largest absolute Gasteiger partial charge is 0.458 e. The fourth-order valence-electron chi connectivity index (χ4n) is 4.15. The number of carbonyl (C=O) groups is 2. The molecule has 0 aromatic rings. The van der Waals surface area contributed by atoms with Crippen molar-refractivity contribution in [1.29, 1.82) is 0 Å². The number of esters is 2. The maximum absolute atomic E-state index is 11.7. The quantitative estimate of drug-likeness (QED) is 0.536. The van der Waals surface area contributed by atoms with E-state index >= 15 is 0 Å². The lowest BCUT2D eigenvalue weighted by Gasteiger charge is -2.45. The Labute approximate surface area is 117 Å². The zero-order chi connectivity index (χ0) is 14.7. The van der Waals surface area contributed by atoms with Crippen LogP contribution in [0, 0.1) is 23.2 Å². The van der Waals surface area contributed by atoms with Crippen molar-refractivity contribution in [3.05, 3.63) is 12.2 Å². The van der Waals surface area contributed by atoms with Crippen LogP contribution in [0.4, 0.5) is 0 Å². The standard InChI is InChI=1S/C15H20O5/c1-7-4-11-9(8(2)13(17)19-11)6-15(3)10(7)5-12(16)20-14(15)18/h7,9-11,14,18H,2,4-6H2,1,3H3. The van der Waals surface area contributed by atoms with Gasteiger partial charge in [-0.05, 0) is 24.7 Å². The molecular formula is C15H20O5. The van der Waals surface area contributed by atoms with Gasteiger partial charge in [0.25, 0.3) is 0 Å². The molecule has 3 rings (SSSR count). The van der Waals surface area contributed by atoms with E-state index in [1.807, 2.05) is 13.8 Å². The van der Waals surface area contributed by atoms with Crippen LogP contribution >= 0.6 is 0 Å². The first-order chi connectivity index (χ1) is 9.33. The van der Waals surface area contributed by atoms with Crippen LogP contribution in [0.25, 0.3) is 0 Å². The number of ether oxygens (including phenoxy) is 2. The molecule has 20 heavy (non-hydrogen) atoms. The SMILES string of the molecule is C=C1C(=O)OC2CC(C)C3CC(=O)OC(O)C3(C)CC12. The van der Waals surface area contributed by atoms with Crippen LogP contribution < -0.4 is 0 Å². The minimum absolute atomic E-state index is 0.0378. The molecule has 0 radical (unpaired) electrons. The highest BCUT2D eigenvalue weighted by atomic mass is 16.6. The molecule has 2 heterocycles. The van der Waals surface area contributed by atoms with Crippen molar-refractivity contribution in [3.8, 4) is 0 Å². The minimum Gasteiger partial charge on any atom is -0.458 e. The first-order valence-electron chi connectivity index (χ1n) is 7.10. The minimum atomic E-state index is -1.13. The number of cyclic esters (lactones) is 1. The summed E-state index contributed by atoms with van der Waals surface area (Å²) < 4.78 is 10.4. The monoisotopic (exact) mass is 280 g/mol. The molecule has 2 saturated heterocycles. The first-order valence-corrected chi connectivity index (χ1v) is 7.10. The van der Waals surface area contributed by atoms with Gasteiger partial charge in [0.05, 0.1) is 0 Å². The second kappa shape index (κ2) is 4.32. The van der Waals surface area contributed by atoms with Crippen LogP contribution in [0.3, 0.4) is 0 Å². The summed E-state index contributed by atoms with van der Waals surface area (Å²) in [6.45, 7) is 7.81. The molecule has 0 amide bonds. The van der Waals surface area contributed by atoms with E-state index < -0.39 is 11.7 Å². The highest BCUT2D eigenvalue weighted by molar-refractivity contribution is 5.90. The molecule has 0 aromatic heterocycles. The van der Waals surface area contributed by atoms with Crippen LogP contribution in [0.15, 0.2) is 12.2 Å². The molecule has 0 spiro atoms. The Morgan fingerprint density at radius 2 is 2.05 bits per heavy atom. The van der Waals surface area contributed by atoms with E-state index in [0.29, 0.717) is 24.8 Å². The topological polar surface area (TPSA) is 72.8 Å². The number of aliphatic hydroxyl groups is 1. The van der Waals surface area contributed by atoms with E-state index in [0.717, 1.165) is 0 Å². The highest BCUT2D eigenvalue weighted by Gasteiger charge is 2.56. The number of carbonyl (C=O) groups excluding carboxylic acids is 2. The smallest absolute Gasteiger partial charge is 0.334 e. The molecule has 2 aliphatic heterocycles. The van der Waals surface area contributed by atoms with E-state index in [4.69, 9.17) is 9.47 Å². The summed E-state index contributed by atoms with van der Waals surface area (Å²) in [5.74, 6) is -0.565. The molecule has 5 heteroatoms. The summed E-state index contributed by atoms with van der Waals surface area (Å²) in [5.41, 5.74) is -0.0721. The van der Waals surface area contributed by atoms with Gasteiger partial charge in [-0.15, -0.1) is 0 Å². The summed E-state index contributed by atoms with van der Waals surface area (Å²) in [7, 11) is 0. The van der Waals surface area contributed by atoms with E-state index in [-0.39, 0.29) is 35.8 Å². The van der Waals surface area contributed by atoms with Crippen LogP contribution in [-0.2, 0) is 19.1 Å². The molecule has 0 bridgehead atoms. The molecule has 0 aromatic carbocycles. The lowest BCUT2D eigenvalue weighted by molar-refractivity contribution is -0.226. The number of fused-ring (bicyclic) bond motifs is 2. The van der Waals surface area contributed by atoms with Crippen LogP contribution in [-0.4, -0.2) is 29.4 Å². The molecular weight excluding hydrogens is 260 g/mol. The molecule has 1 N–H and O–H groups in total. The third-order valence-electron chi connectivity index (χ3n) is 5.41. The van der Waals surface area contributed by atoms with Crippen molar-refractivity contribution >= 4 is 11.9 Å². The third kappa shape index (κ3) is 1.79. The normalized spacial score (nSPS) is 48.0. The molecule has 5 nitrogen and oxygen atoms in total. The fraction of sp³-hybridized carbons (Fsp3) is 0.733. The maximum Gasteiger partial charge on any atom is 0.334 e. The number of hydrogen-bond acceptors (Lipinski definition) is 5. The first kappa shape index (κ1) is 13.6. The van der Waals surface area contributed by atoms with Crippen LogP contribution in [0.2, 0.25) is 0 Å². The Morgan fingerprint density at radius 3 is 2.75 bits per heavy atom. The second-order valence-corrected chi connectivity index (χ2v) is 6.65. The summed E-state index contributed by atoms with van der Waals surface area (Å²) in [6.07, 6.45) is 0.267. The average molecular weight is 280 g/mol. The Balaban J connectivity index is 1.98. The van der Waals surface area contributed by atoms with Gasteiger partial charge in [0.2, 0.25) is 6.29 Å². The number of hydrogen-bond donors (Lipinski definition) is 1. The van der Waals surface area contributed by atoms with Gasteiger partial charge in [-0.2, -0.15) is 0 Å². The van der Waals surface area contributed by atoms with E-state index in [1.165, 1.54) is 0 Å². The molecule has 3 aliphatic rings. The summed E-state index contributed by atoms with van der Waals surface area (Å²) >= 11 is 0. The Morgan fingerprint density at radius 1 is 1.35 bits per heavy atom. The predicted octanol–water partition coefficient (Wildman–Crippen LogP) is 1.40. The molecule has 6 unspecified atom stereocenters. The summed E-state index contributed by atoms with van der Waals surface area (Å²) in [5, 5.41) is 10.3. The van der Waals surface area contributed by atoms with Crippen LogP contribution in [0.5, 0.6) is 0 Å². The second-order valence-electron chi connectivity index (χ2n) is 6.65. The average Bonchev–Trinajstić information content (AvgIpc) is 2.55. The van der Waals surface area contributed by atoms with Crippen molar-refractivity contribution in [2.75, 3.05) is 0 Å². The van der Waals surface area contributed by atoms with Gasteiger partial charge in [0, 0.05) is 23.3 Å². The zero-order valence-electron chi connectivity index (χ0n) is 11.8. The van der Waals surface area contributed by atoms with Gasteiger partial charge in [-0.3, -0.25) is 4.79 Å². The molecule has 3 fully saturated rings. The van der Waals surface area contributed by atoms with Crippen molar-refractivity contribution in [2.24, 2.45) is 23.2 Å². The van der Waals surface area contributed by atoms with Crippen molar-refractivity contribution in [2.45, 2.75) is 45.5 Å². The van der Waals surface area contributed by atoms with Gasteiger partial charge in [0.1, 0.15) is 6.10 Å². The van der Waals surface area contributed by atoms with Gasteiger partial charge < -0.3 is 14.6 Å².